The maximum atomic E-state index is 10.8. The van der Waals surface area contributed by atoms with Gasteiger partial charge in [0.25, 0.3) is 0 Å². The van der Waals surface area contributed by atoms with E-state index < -0.39 is 0 Å². The quantitative estimate of drug-likeness (QED) is 0.330. The van der Waals surface area contributed by atoms with Crippen LogP contribution in [0.25, 0.3) is 11.2 Å². The van der Waals surface area contributed by atoms with Crippen molar-refractivity contribution in [2.75, 3.05) is 26.1 Å². The first-order valence-electron chi connectivity index (χ1n) is 7.51. The van der Waals surface area contributed by atoms with E-state index in [4.69, 9.17) is 15.2 Å². The molecule has 0 amide bonds. The van der Waals surface area contributed by atoms with Crippen LogP contribution in [0, 0.1) is 0 Å². The predicted molar refractivity (Wildman–Crippen MR) is 94.8 cm³/mol. The van der Waals surface area contributed by atoms with Crippen LogP contribution in [0.2, 0.25) is 0 Å². The fourth-order valence-corrected chi connectivity index (χ4v) is 2.86. The number of aldehydes is 1. The molecule has 0 fully saturated rings. The van der Waals surface area contributed by atoms with Crippen LogP contribution in [-0.2, 0) is 11.3 Å². The van der Waals surface area contributed by atoms with E-state index in [0.717, 1.165) is 11.8 Å². The molecule has 0 saturated heterocycles. The van der Waals surface area contributed by atoms with Gasteiger partial charge < -0.3 is 0 Å². The van der Waals surface area contributed by atoms with Gasteiger partial charge in [-0.2, -0.15) is 0 Å². The first kappa shape index (κ1) is 17.3. The van der Waals surface area contributed by atoms with Crippen molar-refractivity contribution < 1.29 is 14.3 Å². The Kier molecular flexibility index (Phi) is 5.28. The second kappa shape index (κ2) is 7.60. The number of imidazole rings is 1. The topological polar surface area (TPSA) is 105 Å². The first-order chi connectivity index (χ1) is 12.1. The molecule has 130 valence electrons. The van der Waals surface area contributed by atoms with Crippen LogP contribution in [0.5, 0.6) is 6.01 Å². The standard InChI is InChI=1S/C16H17N5O3Se/c1-23-6-7-24-15-19-13(17)12-14(20-15)21(16(25)18-12)8-10-2-4-11(9-22)5-3-10/h2-5,9H,6-8H2,1H3,(H,18,25)(H2,17,19,20). The molecule has 0 aliphatic heterocycles. The Hall–Kier alpha value is -2.48. The molecule has 8 nitrogen and oxygen atoms in total. The van der Waals surface area contributed by atoms with Crippen molar-refractivity contribution in [2.24, 2.45) is 0 Å². The maximum absolute atomic E-state index is 10.8. The molecule has 0 bridgehead atoms. The Bertz CT molecular complexity index is 895. The molecule has 1 aromatic carbocycles. The summed E-state index contributed by atoms with van der Waals surface area (Å²) in [4.78, 5) is 23.8. The third-order valence-electron chi connectivity index (χ3n) is 3.56. The number of methoxy groups -OCH3 is 1. The van der Waals surface area contributed by atoms with Gasteiger partial charge in [-0.3, -0.25) is 0 Å². The SMILES string of the molecule is COCCOc1nc(N)c2nc([SeH])n(Cc3ccc(C=O)cc3)c2n1. The summed E-state index contributed by atoms with van der Waals surface area (Å²) in [6, 6.07) is 7.51. The van der Waals surface area contributed by atoms with E-state index in [2.05, 4.69) is 31.0 Å². The molecule has 0 spiro atoms. The molecule has 3 rings (SSSR count). The summed E-state index contributed by atoms with van der Waals surface area (Å²) >= 11 is 2.40. The van der Waals surface area contributed by atoms with Gasteiger partial charge in [-0.15, -0.1) is 0 Å². The fraction of sp³-hybridized carbons (Fsp3) is 0.250. The third-order valence-corrected chi connectivity index (χ3v) is 4.27. The third kappa shape index (κ3) is 3.79. The van der Waals surface area contributed by atoms with Crippen LogP contribution in [0.4, 0.5) is 5.82 Å². The number of hydrogen-bond acceptors (Lipinski definition) is 7. The summed E-state index contributed by atoms with van der Waals surface area (Å²) in [6.07, 6.45) is 0.816. The number of ether oxygens (including phenoxy) is 2. The van der Waals surface area contributed by atoms with Crippen molar-refractivity contribution >= 4 is 44.0 Å². The van der Waals surface area contributed by atoms with Gasteiger partial charge in [0.15, 0.2) is 0 Å². The average molecular weight is 406 g/mol. The van der Waals surface area contributed by atoms with E-state index >= 15 is 0 Å². The number of nitrogens with zero attached hydrogens (tertiary/aromatic N) is 4. The number of rotatable bonds is 7. The number of nitrogen functional groups attached to an aromatic ring is 1. The number of carbonyl (C=O) groups is 1. The van der Waals surface area contributed by atoms with E-state index in [1.807, 2.05) is 16.7 Å². The summed E-state index contributed by atoms with van der Waals surface area (Å²) in [6.45, 7) is 1.30. The Morgan fingerprint density at radius 2 is 1.96 bits per heavy atom. The number of fused-ring (bicyclic) bond motifs is 1. The molecule has 2 heterocycles. The minimum atomic E-state index is 0.187. The van der Waals surface area contributed by atoms with Gasteiger partial charge in [0.1, 0.15) is 0 Å². The zero-order valence-electron chi connectivity index (χ0n) is 13.5. The number of carbonyl (C=O) groups excluding carboxylic acids is 1. The normalized spacial score (nSPS) is 11.0. The first-order valence-corrected chi connectivity index (χ1v) is 8.44. The second-order valence-electron chi connectivity index (χ2n) is 5.26. The molecule has 0 aliphatic rings. The average Bonchev–Trinajstić information content (AvgIpc) is 2.93. The molecule has 0 unspecified atom stereocenters. The second-order valence-corrected chi connectivity index (χ2v) is 6.10. The number of hydrogen-bond donors (Lipinski definition) is 1. The Labute approximate surface area is 152 Å². The van der Waals surface area contributed by atoms with E-state index in [1.54, 1.807) is 19.2 Å². The Balaban J connectivity index is 1.95. The Morgan fingerprint density at radius 1 is 1.20 bits per heavy atom. The zero-order valence-corrected chi connectivity index (χ0v) is 15.4. The number of aromatic nitrogens is 4. The van der Waals surface area contributed by atoms with Crippen molar-refractivity contribution in [3.8, 4) is 6.01 Å². The van der Waals surface area contributed by atoms with Crippen LogP contribution >= 0.6 is 0 Å². The molecule has 2 N–H and O–H groups in total. The van der Waals surface area contributed by atoms with Crippen LogP contribution in [0.3, 0.4) is 0 Å². The Morgan fingerprint density at radius 3 is 2.64 bits per heavy atom. The number of benzene rings is 1. The fourth-order valence-electron chi connectivity index (χ4n) is 2.30. The summed E-state index contributed by atoms with van der Waals surface area (Å²) in [5.41, 5.74) is 8.75. The van der Waals surface area contributed by atoms with E-state index in [9.17, 15) is 4.79 Å². The molecule has 0 radical (unpaired) electrons. The molecule has 2 aromatic heterocycles. The van der Waals surface area contributed by atoms with Gasteiger partial charge in [-0.05, 0) is 0 Å². The molecule has 0 atom stereocenters. The van der Waals surface area contributed by atoms with Crippen molar-refractivity contribution in [3.63, 3.8) is 0 Å². The molecule has 0 aliphatic carbocycles. The van der Waals surface area contributed by atoms with E-state index in [1.165, 1.54) is 0 Å². The minimum absolute atomic E-state index is 0.187. The molecule has 0 saturated carbocycles. The summed E-state index contributed by atoms with van der Waals surface area (Å²) in [5.74, 6) is 0.264. The molecular weight excluding hydrogens is 389 g/mol. The van der Waals surface area contributed by atoms with Crippen molar-refractivity contribution in [2.45, 2.75) is 6.54 Å². The summed E-state index contributed by atoms with van der Waals surface area (Å²) in [7, 11) is 1.59. The van der Waals surface area contributed by atoms with E-state index in [-0.39, 0.29) is 11.8 Å². The van der Waals surface area contributed by atoms with Gasteiger partial charge in [0, 0.05) is 0 Å². The van der Waals surface area contributed by atoms with Gasteiger partial charge in [-0.1, -0.05) is 0 Å². The number of anilines is 1. The van der Waals surface area contributed by atoms with Crippen LogP contribution in [0.1, 0.15) is 15.9 Å². The summed E-state index contributed by atoms with van der Waals surface area (Å²) < 4.78 is 13.0. The monoisotopic (exact) mass is 407 g/mol. The van der Waals surface area contributed by atoms with Crippen molar-refractivity contribution in [3.05, 3.63) is 35.4 Å². The van der Waals surface area contributed by atoms with Crippen LogP contribution < -0.4 is 15.2 Å². The summed E-state index contributed by atoms with van der Waals surface area (Å²) in [5, 5.41) is 0. The van der Waals surface area contributed by atoms with Gasteiger partial charge in [0.2, 0.25) is 0 Å². The van der Waals surface area contributed by atoms with Gasteiger partial charge >= 0.3 is 152 Å². The van der Waals surface area contributed by atoms with Crippen LogP contribution in [0.15, 0.2) is 24.3 Å². The number of nitrogens with two attached hydrogens (primary N) is 1. The van der Waals surface area contributed by atoms with Crippen molar-refractivity contribution in [1.82, 2.24) is 19.5 Å². The molecule has 25 heavy (non-hydrogen) atoms. The molecular formula is C16H17N5O3Se. The van der Waals surface area contributed by atoms with Crippen LogP contribution in [-0.4, -0.2) is 62.1 Å². The van der Waals surface area contributed by atoms with Crippen molar-refractivity contribution in [1.29, 1.82) is 0 Å². The van der Waals surface area contributed by atoms with Gasteiger partial charge in [-0.25, -0.2) is 0 Å². The molecule has 9 heteroatoms. The predicted octanol–water partition coefficient (Wildman–Crippen LogP) is -0.179. The molecule has 3 aromatic rings. The van der Waals surface area contributed by atoms with E-state index in [0.29, 0.717) is 41.2 Å². The van der Waals surface area contributed by atoms with Gasteiger partial charge in [0.05, 0.1) is 0 Å². The zero-order chi connectivity index (χ0) is 17.8.